The smallest absolute Gasteiger partial charge is 0.0619 e. The van der Waals surface area contributed by atoms with E-state index >= 15 is 0 Å². The average Bonchev–Trinajstić information content (AvgIpc) is 2.38. The minimum atomic E-state index is 0.641. The highest BCUT2D eigenvalue weighted by Crippen LogP contribution is 2.61. The van der Waals surface area contributed by atoms with Gasteiger partial charge in [-0.2, -0.15) is 0 Å². The van der Waals surface area contributed by atoms with Gasteiger partial charge in [0, 0.05) is 12.6 Å². The van der Waals surface area contributed by atoms with Gasteiger partial charge >= 0.3 is 0 Å². The maximum absolute atomic E-state index is 5.57. The van der Waals surface area contributed by atoms with E-state index in [1.54, 1.807) is 38.5 Å². The monoisotopic (exact) mass is 263 g/mol. The zero-order valence-electron chi connectivity index (χ0n) is 12.2. The van der Waals surface area contributed by atoms with Crippen LogP contribution in [0.1, 0.15) is 57.8 Å². The van der Waals surface area contributed by atoms with Gasteiger partial charge in [0.2, 0.25) is 0 Å². The van der Waals surface area contributed by atoms with E-state index in [-0.39, 0.29) is 0 Å². The SMILES string of the molecule is C1COCC(NCCC23CC4CC(CC(C4)C2)C3)C1. The summed E-state index contributed by atoms with van der Waals surface area (Å²) in [6.45, 7) is 3.16. The molecule has 0 aromatic heterocycles. The van der Waals surface area contributed by atoms with E-state index in [9.17, 15) is 0 Å². The molecular formula is C17H29NO. The van der Waals surface area contributed by atoms with Crippen LogP contribution in [0, 0.1) is 23.2 Å². The maximum atomic E-state index is 5.57. The highest BCUT2D eigenvalue weighted by molar-refractivity contribution is 5.01. The molecule has 0 spiro atoms. The molecule has 4 aliphatic carbocycles. The van der Waals surface area contributed by atoms with Crippen molar-refractivity contribution in [3.05, 3.63) is 0 Å². The van der Waals surface area contributed by atoms with Gasteiger partial charge in [-0.05, 0) is 87.5 Å². The number of nitrogens with one attached hydrogen (secondary N) is 1. The van der Waals surface area contributed by atoms with Crippen molar-refractivity contribution >= 4 is 0 Å². The van der Waals surface area contributed by atoms with Crippen molar-refractivity contribution in [2.24, 2.45) is 23.2 Å². The summed E-state index contributed by atoms with van der Waals surface area (Å²) in [5.74, 6) is 3.30. The second kappa shape index (κ2) is 5.04. The molecule has 5 fully saturated rings. The molecule has 2 nitrogen and oxygen atoms in total. The topological polar surface area (TPSA) is 21.3 Å². The van der Waals surface area contributed by atoms with Crippen LogP contribution in [0.2, 0.25) is 0 Å². The molecule has 108 valence electrons. The second-order valence-electron chi connectivity index (χ2n) is 8.04. The Labute approximate surface area is 117 Å². The van der Waals surface area contributed by atoms with Crippen molar-refractivity contribution in [1.29, 1.82) is 0 Å². The lowest BCUT2D eigenvalue weighted by atomic mass is 9.49. The van der Waals surface area contributed by atoms with Gasteiger partial charge in [-0.3, -0.25) is 0 Å². The highest BCUT2D eigenvalue weighted by atomic mass is 16.5. The van der Waals surface area contributed by atoms with Crippen LogP contribution in [0.4, 0.5) is 0 Å². The van der Waals surface area contributed by atoms with E-state index in [0.717, 1.165) is 36.4 Å². The molecule has 4 bridgehead atoms. The van der Waals surface area contributed by atoms with E-state index < -0.39 is 0 Å². The van der Waals surface area contributed by atoms with E-state index in [1.165, 1.54) is 25.8 Å². The maximum Gasteiger partial charge on any atom is 0.0619 e. The zero-order valence-corrected chi connectivity index (χ0v) is 12.2. The van der Waals surface area contributed by atoms with Crippen LogP contribution in [0.25, 0.3) is 0 Å². The Bertz CT molecular complexity index is 286. The Hall–Kier alpha value is -0.0800. The predicted octanol–water partition coefficient (Wildman–Crippen LogP) is 3.36. The van der Waals surface area contributed by atoms with Gasteiger partial charge in [-0.1, -0.05) is 0 Å². The molecule has 2 heteroatoms. The number of ether oxygens (including phenoxy) is 1. The number of rotatable bonds is 4. The molecule has 0 amide bonds. The van der Waals surface area contributed by atoms with Crippen molar-refractivity contribution in [2.75, 3.05) is 19.8 Å². The summed E-state index contributed by atoms with van der Waals surface area (Å²) >= 11 is 0. The van der Waals surface area contributed by atoms with Crippen LogP contribution >= 0.6 is 0 Å². The van der Waals surface area contributed by atoms with E-state index in [0.29, 0.717) is 6.04 Å². The molecule has 1 N–H and O–H groups in total. The third-order valence-corrected chi connectivity index (χ3v) is 6.41. The summed E-state index contributed by atoms with van der Waals surface area (Å²) < 4.78 is 5.57. The van der Waals surface area contributed by atoms with Crippen LogP contribution in [0.3, 0.4) is 0 Å². The van der Waals surface area contributed by atoms with Gasteiger partial charge < -0.3 is 10.1 Å². The van der Waals surface area contributed by atoms with E-state index in [2.05, 4.69) is 5.32 Å². The molecule has 5 aliphatic rings. The molecule has 0 aromatic rings. The summed E-state index contributed by atoms with van der Waals surface area (Å²) in [5.41, 5.74) is 0.747. The Balaban J connectivity index is 1.30. The molecule has 0 aromatic carbocycles. The molecule has 0 radical (unpaired) electrons. The highest BCUT2D eigenvalue weighted by Gasteiger charge is 2.50. The Morgan fingerprint density at radius 2 is 1.68 bits per heavy atom. The fraction of sp³-hybridized carbons (Fsp3) is 1.00. The van der Waals surface area contributed by atoms with Gasteiger partial charge in [0.15, 0.2) is 0 Å². The zero-order chi connectivity index (χ0) is 12.7. The molecule has 5 rings (SSSR count). The fourth-order valence-corrected chi connectivity index (χ4v) is 6.04. The largest absolute Gasteiger partial charge is 0.380 e. The number of hydrogen-bond acceptors (Lipinski definition) is 2. The predicted molar refractivity (Wildman–Crippen MR) is 77.1 cm³/mol. The van der Waals surface area contributed by atoms with Crippen LogP contribution in [-0.4, -0.2) is 25.8 Å². The van der Waals surface area contributed by atoms with Crippen LogP contribution < -0.4 is 5.32 Å². The molecule has 4 saturated carbocycles. The first-order valence-electron chi connectivity index (χ1n) is 8.62. The summed E-state index contributed by atoms with van der Waals surface area (Å²) in [4.78, 5) is 0. The third kappa shape index (κ3) is 2.58. The van der Waals surface area contributed by atoms with Crippen molar-refractivity contribution in [3.63, 3.8) is 0 Å². The van der Waals surface area contributed by atoms with Gasteiger partial charge in [-0.25, -0.2) is 0 Å². The lowest BCUT2D eigenvalue weighted by Gasteiger charge is -2.57. The normalized spacial score (nSPS) is 48.6. The standard InChI is InChI=1S/C17H29NO/c1-2-16(12-19-5-1)18-4-3-17-9-13-6-14(10-17)8-15(7-13)11-17/h13-16,18H,1-12H2. The minimum absolute atomic E-state index is 0.641. The summed E-state index contributed by atoms with van der Waals surface area (Å²) in [5, 5.41) is 3.77. The first-order valence-corrected chi connectivity index (χ1v) is 8.62. The quantitative estimate of drug-likeness (QED) is 0.840. The van der Waals surface area contributed by atoms with Gasteiger partial charge in [0.1, 0.15) is 0 Å². The van der Waals surface area contributed by atoms with Gasteiger partial charge in [0.25, 0.3) is 0 Å². The molecule has 1 atom stereocenters. The molecule has 1 saturated heterocycles. The Kier molecular flexibility index (Phi) is 3.35. The van der Waals surface area contributed by atoms with Gasteiger partial charge in [0.05, 0.1) is 6.61 Å². The molecule has 1 heterocycles. The summed E-state index contributed by atoms with van der Waals surface area (Å²) in [7, 11) is 0. The van der Waals surface area contributed by atoms with Crippen molar-refractivity contribution < 1.29 is 4.74 Å². The molecule has 19 heavy (non-hydrogen) atoms. The van der Waals surface area contributed by atoms with Crippen molar-refractivity contribution in [2.45, 2.75) is 63.8 Å². The Morgan fingerprint density at radius 3 is 2.26 bits per heavy atom. The summed E-state index contributed by atoms with van der Waals surface area (Å²) in [6, 6.07) is 0.641. The summed E-state index contributed by atoms with van der Waals surface area (Å²) in [6.07, 6.45) is 13.4. The first-order chi connectivity index (χ1) is 9.31. The van der Waals surface area contributed by atoms with Gasteiger partial charge in [-0.15, -0.1) is 0 Å². The minimum Gasteiger partial charge on any atom is -0.380 e. The van der Waals surface area contributed by atoms with E-state index in [4.69, 9.17) is 4.74 Å². The van der Waals surface area contributed by atoms with Crippen molar-refractivity contribution in [1.82, 2.24) is 5.32 Å². The third-order valence-electron chi connectivity index (χ3n) is 6.41. The molecular weight excluding hydrogens is 234 g/mol. The Morgan fingerprint density at radius 1 is 1.00 bits per heavy atom. The van der Waals surface area contributed by atoms with Crippen LogP contribution in [0.5, 0.6) is 0 Å². The molecule has 1 aliphatic heterocycles. The lowest BCUT2D eigenvalue weighted by Crippen LogP contribution is -2.48. The number of hydrogen-bond donors (Lipinski definition) is 1. The van der Waals surface area contributed by atoms with Crippen molar-refractivity contribution in [3.8, 4) is 0 Å². The first kappa shape index (κ1) is 12.6. The van der Waals surface area contributed by atoms with Crippen LogP contribution in [-0.2, 0) is 4.74 Å². The average molecular weight is 263 g/mol. The second-order valence-corrected chi connectivity index (χ2v) is 8.04. The van der Waals surface area contributed by atoms with Crippen LogP contribution in [0.15, 0.2) is 0 Å². The lowest BCUT2D eigenvalue weighted by molar-refractivity contribution is -0.0575. The van der Waals surface area contributed by atoms with E-state index in [1.807, 2.05) is 0 Å². The molecule has 1 unspecified atom stereocenters. The fourth-order valence-electron chi connectivity index (χ4n) is 6.04.